The maximum atomic E-state index is 12.8. The van der Waals surface area contributed by atoms with Gasteiger partial charge in [-0.3, -0.25) is 9.52 Å². The summed E-state index contributed by atoms with van der Waals surface area (Å²) in [4.78, 5) is 14.2. The fourth-order valence-corrected chi connectivity index (χ4v) is 4.64. The number of carbonyl (C=O) groups excluding carboxylic acids is 1. The normalized spacial score (nSPS) is 15.6. The van der Waals surface area contributed by atoms with Crippen LogP contribution in [0.5, 0.6) is 5.75 Å². The Morgan fingerprint density at radius 3 is 2.52 bits per heavy atom. The summed E-state index contributed by atoms with van der Waals surface area (Å²) in [7, 11) is -4.05. The van der Waals surface area contributed by atoms with Gasteiger partial charge >= 0.3 is 6.61 Å². The second kappa shape index (κ2) is 7.29. The lowest BCUT2D eigenvalue weighted by Crippen LogP contribution is -2.36. The smallest absolute Gasteiger partial charge is 0.387 e. The Kier molecular flexibility index (Phi) is 5.29. The van der Waals surface area contributed by atoms with Crippen molar-refractivity contribution in [2.75, 3.05) is 16.2 Å². The average Bonchev–Trinajstić information content (AvgIpc) is 2.81. The van der Waals surface area contributed by atoms with Gasteiger partial charge in [0.15, 0.2) is 0 Å². The Labute approximate surface area is 168 Å². The van der Waals surface area contributed by atoms with Gasteiger partial charge in [-0.25, -0.2) is 8.42 Å². The number of benzene rings is 2. The quantitative estimate of drug-likeness (QED) is 0.759. The van der Waals surface area contributed by atoms with Crippen molar-refractivity contribution in [2.24, 2.45) is 0 Å². The van der Waals surface area contributed by atoms with Gasteiger partial charge in [-0.1, -0.05) is 6.07 Å². The molecule has 0 atom stereocenters. The number of amides is 1. The number of anilines is 2. The molecule has 1 aliphatic heterocycles. The van der Waals surface area contributed by atoms with Gasteiger partial charge in [0.1, 0.15) is 5.75 Å². The second-order valence-corrected chi connectivity index (χ2v) is 9.00. The Morgan fingerprint density at radius 1 is 1.21 bits per heavy atom. The van der Waals surface area contributed by atoms with Crippen LogP contribution in [0.4, 0.5) is 20.2 Å². The van der Waals surface area contributed by atoms with Crippen molar-refractivity contribution >= 4 is 27.3 Å². The summed E-state index contributed by atoms with van der Waals surface area (Å²) in [6.45, 7) is 4.75. The van der Waals surface area contributed by atoms with Gasteiger partial charge in [-0.2, -0.15) is 8.78 Å². The van der Waals surface area contributed by atoms with Crippen LogP contribution in [-0.2, 0) is 20.2 Å². The van der Waals surface area contributed by atoms with Crippen molar-refractivity contribution < 1.29 is 26.7 Å². The van der Waals surface area contributed by atoms with E-state index < -0.39 is 22.0 Å². The van der Waals surface area contributed by atoms with E-state index in [4.69, 9.17) is 0 Å². The van der Waals surface area contributed by atoms with E-state index in [9.17, 15) is 22.0 Å². The number of sulfonamides is 1. The number of nitrogens with one attached hydrogen (secondary N) is 1. The van der Waals surface area contributed by atoms with Gasteiger partial charge in [-0.05, 0) is 63.1 Å². The molecule has 0 fully saturated rings. The summed E-state index contributed by atoms with van der Waals surface area (Å²) in [5.41, 5.74) is 1.79. The number of aryl methyl sites for hydroxylation is 1. The van der Waals surface area contributed by atoms with E-state index >= 15 is 0 Å². The third kappa shape index (κ3) is 3.78. The Balaban J connectivity index is 1.99. The van der Waals surface area contributed by atoms with Gasteiger partial charge in [0.05, 0.1) is 16.0 Å². The van der Waals surface area contributed by atoms with Crippen molar-refractivity contribution in [1.82, 2.24) is 0 Å². The number of fused-ring (bicyclic) bond motifs is 1. The largest absolute Gasteiger partial charge is 0.435 e. The average molecular weight is 424 g/mol. The van der Waals surface area contributed by atoms with Gasteiger partial charge in [0.2, 0.25) is 5.91 Å². The van der Waals surface area contributed by atoms with Gasteiger partial charge < -0.3 is 9.64 Å². The lowest BCUT2D eigenvalue weighted by atomic mass is 9.85. The molecule has 3 rings (SSSR count). The van der Waals surface area contributed by atoms with Gasteiger partial charge in [0, 0.05) is 18.3 Å². The van der Waals surface area contributed by atoms with E-state index in [0.717, 1.165) is 22.9 Å². The Bertz CT molecular complexity index is 1070. The minimum Gasteiger partial charge on any atom is -0.435 e. The molecule has 156 valence electrons. The molecule has 2 aromatic carbocycles. The number of carbonyl (C=O) groups is 1. The highest BCUT2D eigenvalue weighted by atomic mass is 32.2. The Morgan fingerprint density at radius 2 is 1.90 bits per heavy atom. The number of alkyl halides is 2. The first-order valence-electron chi connectivity index (χ1n) is 9.02. The molecular weight excluding hydrogens is 402 g/mol. The number of nitrogens with zero attached hydrogens (tertiary/aromatic N) is 1. The van der Waals surface area contributed by atoms with Crippen LogP contribution >= 0.6 is 0 Å². The molecule has 29 heavy (non-hydrogen) atoms. The van der Waals surface area contributed by atoms with Crippen molar-refractivity contribution in [3.05, 3.63) is 47.5 Å². The number of ether oxygens (including phenoxy) is 1. The first-order valence-corrected chi connectivity index (χ1v) is 10.5. The van der Waals surface area contributed by atoms with Gasteiger partial charge in [0.25, 0.3) is 10.0 Å². The number of hydrogen-bond acceptors (Lipinski definition) is 4. The van der Waals surface area contributed by atoms with E-state index in [-0.39, 0.29) is 16.6 Å². The number of halogens is 2. The maximum Gasteiger partial charge on any atom is 0.387 e. The lowest BCUT2D eigenvalue weighted by Gasteiger charge is -2.18. The highest BCUT2D eigenvalue weighted by molar-refractivity contribution is 7.92. The molecule has 0 bridgehead atoms. The van der Waals surface area contributed by atoms with Crippen LogP contribution < -0.4 is 14.4 Å². The first-order chi connectivity index (χ1) is 13.5. The molecule has 0 unspecified atom stereocenters. The SMILES string of the molecule is CCN1C(=O)C(C)(C)c2cc(NS(=O)(=O)c3cccc(OC(F)F)c3)cc(C)c21. The molecule has 1 amide bonds. The van der Waals surface area contributed by atoms with Gasteiger partial charge in [-0.15, -0.1) is 0 Å². The molecule has 9 heteroatoms. The van der Waals surface area contributed by atoms with Crippen molar-refractivity contribution in [3.63, 3.8) is 0 Å². The minimum absolute atomic E-state index is 0.0463. The summed E-state index contributed by atoms with van der Waals surface area (Å²) >= 11 is 0. The van der Waals surface area contributed by atoms with Crippen molar-refractivity contribution in [2.45, 2.75) is 44.6 Å². The van der Waals surface area contributed by atoms with Crippen LogP contribution in [-0.4, -0.2) is 27.5 Å². The maximum absolute atomic E-state index is 12.8. The predicted molar refractivity (Wildman–Crippen MR) is 106 cm³/mol. The van der Waals surface area contributed by atoms with Crippen molar-refractivity contribution in [1.29, 1.82) is 0 Å². The zero-order valence-corrected chi connectivity index (χ0v) is 17.3. The molecular formula is C20H22F2N2O4S. The molecule has 1 aliphatic rings. The molecule has 0 saturated carbocycles. The third-order valence-electron chi connectivity index (χ3n) is 4.93. The Hall–Kier alpha value is -2.68. The molecule has 6 nitrogen and oxygen atoms in total. The van der Waals surface area contributed by atoms with Crippen LogP contribution in [0.25, 0.3) is 0 Å². The molecule has 1 heterocycles. The van der Waals surface area contributed by atoms with E-state index in [2.05, 4.69) is 9.46 Å². The summed E-state index contributed by atoms with van der Waals surface area (Å²) in [6.07, 6.45) is 0. The highest BCUT2D eigenvalue weighted by Crippen LogP contribution is 2.45. The summed E-state index contributed by atoms with van der Waals surface area (Å²) in [6, 6.07) is 8.17. The molecule has 0 spiro atoms. The lowest BCUT2D eigenvalue weighted by molar-refractivity contribution is -0.122. The summed E-state index contributed by atoms with van der Waals surface area (Å²) in [5.74, 6) is -0.298. The molecule has 0 saturated heterocycles. The highest BCUT2D eigenvalue weighted by Gasteiger charge is 2.44. The van der Waals surface area contributed by atoms with Crippen LogP contribution in [0.3, 0.4) is 0 Å². The van der Waals surface area contributed by atoms with Crippen molar-refractivity contribution in [3.8, 4) is 5.75 Å². The second-order valence-electron chi connectivity index (χ2n) is 7.32. The molecule has 2 aromatic rings. The molecule has 0 radical (unpaired) electrons. The van der Waals surface area contributed by atoms with E-state index in [1.54, 1.807) is 30.9 Å². The summed E-state index contributed by atoms with van der Waals surface area (Å²) < 4.78 is 57.1. The number of rotatable bonds is 6. The predicted octanol–water partition coefficient (Wildman–Crippen LogP) is 4.04. The zero-order chi connectivity index (χ0) is 21.6. The van der Waals surface area contributed by atoms with Crippen LogP contribution in [0, 0.1) is 6.92 Å². The van der Waals surface area contributed by atoms with E-state index in [1.807, 2.05) is 13.8 Å². The standard InChI is InChI=1S/C20H22F2N2O4S/c1-5-24-17-12(2)9-13(10-16(17)20(3,4)18(24)25)23-29(26,27)15-8-6-7-14(11-15)28-19(21)22/h6-11,19,23H,5H2,1-4H3. The monoisotopic (exact) mass is 424 g/mol. The molecule has 0 aromatic heterocycles. The fraction of sp³-hybridized carbons (Fsp3) is 0.350. The topological polar surface area (TPSA) is 75.7 Å². The van der Waals surface area contributed by atoms with Crippen LogP contribution in [0.1, 0.15) is 31.9 Å². The molecule has 0 aliphatic carbocycles. The van der Waals surface area contributed by atoms with Crippen LogP contribution in [0.15, 0.2) is 41.3 Å². The van der Waals surface area contributed by atoms with E-state index in [1.165, 1.54) is 18.2 Å². The fourth-order valence-electron chi connectivity index (χ4n) is 3.56. The zero-order valence-electron chi connectivity index (χ0n) is 16.5. The third-order valence-corrected chi connectivity index (χ3v) is 6.31. The first kappa shape index (κ1) is 21.0. The minimum atomic E-state index is -4.05. The van der Waals surface area contributed by atoms with Crippen LogP contribution in [0.2, 0.25) is 0 Å². The van der Waals surface area contributed by atoms with E-state index in [0.29, 0.717) is 12.2 Å². The number of hydrogen-bond donors (Lipinski definition) is 1. The summed E-state index contributed by atoms with van der Waals surface area (Å²) in [5, 5.41) is 0. The molecule has 1 N–H and O–H groups in total. The number of likely N-dealkylation sites (N-methyl/N-ethyl adjacent to an activating group) is 1.